The Morgan fingerprint density at radius 1 is 0.966 bits per heavy atom. The van der Waals surface area contributed by atoms with E-state index in [0.29, 0.717) is 16.9 Å². The van der Waals surface area contributed by atoms with Gasteiger partial charge in [0.2, 0.25) is 0 Å². The number of nitrogens with one attached hydrogen (secondary N) is 1. The number of carbonyl (C=O) groups is 1. The highest BCUT2D eigenvalue weighted by Crippen LogP contribution is 2.24. The van der Waals surface area contributed by atoms with Crippen LogP contribution in [0.15, 0.2) is 59.4 Å². The highest BCUT2D eigenvalue weighted by molar-refractivity contribution is 6.05. The van der Waals surface area contributed by atoms with Gasteiger partial charge < -0.3 is 5.32 Å². The number of hydrogen-bond acceptors (Lipinski definition) is 7. The molecule has 0 saturated carbocycles. The molecule has 1 aromatic heterocycles. The minimum atomic E-state index is -0.807. The third-order valence-electron chi connectivity index (χ3n) is 3.99. The molecule has 0 unspecified atom stereocenters. The summed E-state index contributed by atoms with van der Waals surface area (Å²) in [5.41, 5.74) is 0.0564. The Morgan fingerprint density at radius 3 is 2.07 bits per heavy atom. The Bertz CT molecular complexity index is 1150. The van der Waals surface area contributed by atoms with E-state index in [2.05, 4.69) is 10.4 Å². The van der Waals surface area contributed by atoms with Gasteiger partial charge in [0.1, 0.15) is 0 Å². The number of non-ortho nitro benzene ring substituents is 2. The molecule has 11 heteroatoms. The van der Waals surface area contributed by atoms with Crippen LogP contribution >= 0.6 is 0 Å². The Labute approximate surface area is 162 Å². The number of rotatable bonds is 5. The number of benzene rings is 2. The van der Waals surface area contributed by atoms with Crippen LogP contribution in [-0.2, 0) is 7.05 Å². The van der Waals surface area contributed by atoms with Crippen molar-refractivity contribution in [3.8, 4) is 11.3 Å². The van der Waals surface area contributed by atoms with Crippen molar-refractivity contribution in [3.63, 3.8) is 0 Å². The molecule has 11 nitrogen and oxygen atoms in total. The molecule has 0 spiro atoms. The molecule has 0 aliphatic rings. The second-order valence-corrected chi connectivity index (χ2v) is 5.96. The Hall–Kier alpha value is -4.41. The molecule has 0 bridgehead atoms. The average molecular weight is 395 g/mol. The molecule has 3 rings (SSSR count). The summed E-state index contributed by atoms with van der Waals surface area (Å²) in [5, 5.41) is 28.6. The van der Waals surface area contributed by atoms with Crippen molar-refractivity contribution in [2.24, 2.45) is 7.05 Å². The van der Waals surface area contributed by atoms with Crippen LogP contribution in [0, 0.1) is 20.2 Å². The van der Waals surface area contributed by atoms with E-state index >= 15 is 0 Å². The van der Waals surface area contributed by atoms with Crippen molar-refractivity contribution in [2.75, 3.05) is 5.32 Å². The van der Waals surface area contributed by atoms with Crippen molar-refractivity contribution < 1.29 is 14.6 Å². The highest BCUT2D eigenvalue weighted by atomic mass is 16.6. The van der Waals surface area contributed by atoms with Crippen LogP contribution in [0.4, 0.5) is 17.1 Å². The van der Waals surface area contributed by atoms with Gasteiger partial charge in [-0.05, 0) is 18.2 Å². The molecule has 0 aliphatic carbocycles. The van der Waals surface area contributed by atoms with Crippen LogP contribution in [0.1, 0.15) is 10.4 Å². The first-order valence-electron chi connectivity index (χ1n) is 8.14. The van der Waals surface area contributed by atoms with E-state index in [9.17, 15) is 29.8 Å². The number of anilines is 1. The van der Waals surface area contributed by atoms with Gasteiger partial charge in [0, 0.05) is 36.5 Å². The zero-order chi connectivity index (χ0) is 21.1. The molecule has 2 aromatic carbocycles. The normalized spacial score (nSPS) is 10.4. The smallest absolute Gasteiger partial charge is 0.277 e. The first-order valence-corrected chi connectivity index (χ1v) is 8.14. The van der Waals surface area contributed by atoms with Gasteiger partial charge in [-0.2, -0.15) is 5.10 Å². The molecule has 3 aromatic rings. The fourth-order valence-corrected chi connectivity index (χ4v) is 2.52. The predicted octanol–water partition coefficient (Wildman–Crippen LogP) is 2.52. The van der Waals surface area contributed by atoms with Gasteiger partial charge in [-0.25, -0.2) is 4.68 Å². The number of aryl methyl sites for hydroxylation is 1. The van der Waals surface area contributed by atoms with Gasteiger partial charge >= 0.3 is 0 Å². The summed E-state index contributed by atoms with van der Waals surface area (Å²) in [6.07, 6.45) is 0. The largest absolute Gasteiger partial charge is 0.322 e. The minimum absolute atomic E-state index is 0.213. The summed E-state index contributed by atoms with van der Waals surface area (Å²) < 4.78 is 1.19. The van der Waals surface area contributed by atoms with Gasteiger partial charge in [-0.15, -0.1) is 0 Å². The van der Waals surface area contributed by atoms with Crippen molar-refractivity contribution in [3.05, 3.63) is 90.7 Å². The van der Waals surface area contributed by atoms with E-state index in [-0.39, 0.29) is 11.1 Å². The van der Waals surface area contributed by atoms with Gasteiger partial charge in [0.25, 0.3) is 22.8 Å². The minimum Gasteiger partial charge on any atom is -0.322 e. The first-order chi connectivity index (χ1) is 13.7. The van der Waals surface area contributed by atoms with Crippen molar-refractivity contribution >= 4 is 23.0 Å². The fraction of sp³-hybridized carbons (Fsp3) is 0.0556. The number of aromatic nitrogens is 2. The van der Waals surface area contributed by atoms with Gasteiger partial charge in [0.05, 0.1) is 27.2 Å². The summed E-state index contributed by atoms with van der Waals surface area (Å²) in [6.45, 7) is 0. The summed E-state index contributed by atoms with van der Waals surface area (Å²) in [4.78, 5) is 44.1. The molecule has 0 aliphatic heterocycles. The van der Waals surface area contributed by atoms with Crippen LogP contribution < -0.4 is 10.9 Å². The molecule has 146 valence electrons. The number of nitrogens with zero attached hydrogens (tertiary/aromatic N) is 4. The maximum atomic E-state index is 12.4. The predicted molar refractivity (Wildman–Crippen MR) is 103 cm³/mol. The average Bonchev–Trinajstić information content (AvgIpc) is 2.70. The molecular formula is C18H13N5O6. The number of amides is 1. The first kappa shape index (κ1) is 19.4. The maximum absolute atomic E-state index is 12.4. The van der Waals surface area contributed by atoms with Crippen LogP contribution in [0.2, 0.25) is 0 Å². The highest BCUT2D eigenvalue weighted by Gasteiger charge is 2.20. The molecule has 0 saturated heterocycles. The van der Waals surface area contributed by atoms with Gasteiger partial charge in [-0.1, -0.05) is 12.1 Å². The number of hydrogen-bond donors (Lipinski definition) is 1. The molecule has 29 heavy (non-hydrogen) atoms. The summed E-state index contributed by atoms with van der Waals surface area (Å²) >= 11 is 0. The Kier molecular flexibility index (Phi) is 5.13. The summed E-state index contributed by atoms with van der Waals surface area (Å²) in [5.74, 6) is -0.732. The molecule has 0 fully saturated rings. The number of nitro groups is 2. The van der Waals surface area contributed by atoms with E-state index < -0.39 is 27.1 Å². The molecule has 0 atom stereocenters. The number of nitro benzene ring substituents is 2. The third-order valence-corrected chi connectivity index (χ3v) is 3.99. The molecule has 0 radical (unpaired) electrons. The van der Waals surface area contributed by atoms with Gasteiger partial charge in [0.15, 0.2) is 0 Å². The van der Waals surface area contributed by atoms with E-state index in [1.807, 2.05) is 0 Å². The van der Waals surface area contributed by atoms with Crippen molar-refractivity contribution in [1.82, 2.24) is 9.78 Å². The standard InChI is InChI=1S/C18H13N5O6/c1-21-17(24)7-6-16(20-21)11-2-4-13(5-3-11)19-18(25)12-8-14(22(26)27)10-15(9-12)23(28)29/h2-10H,1H3,(H,19,25). The monoisotopic (exact) mass is 395 g/mol. The lowest BCUT2D eigenvalue weighted by molar-refractivity contribution is -0.394. The maximum Gasteiger partial charge on any atom is 0.277 e. The lowest BCUT2D eigenvalue weighted by Gasteiger charge is -2.07. The lowest BCUT2D eigenvalue weighted by Crippen LogP contribution is -2.18. The van der Waals surface area contributed by atoms with Crippen LogP contribution in [0.25, 0.3) is 11.3 Å². The van der Waals surface area contributed by atoms with Crippen LogP contribution in [-0.4, -0.2) is 25.5 Å². The van der Waals surface area contributed by atoms with Crippen molar-refractivity contribution in [2.45, 2.75) is 0 Å². The van der Waals surface area contributed by atoms with E-state index in [0.717, 1.165) is 18.2 Å². The SMILES string of the molecule is Cn1nc(-c2ccc(NC(=O)c3cc([N+](=O)[O-])cc([N+](=O)[O-])c3)cc2)ccc1=O. The summed E-state index contributed by atoms with van der Waals surface area (Å²) in [7, 11) is 1.53. The number of carbonyl (C=O) groups excluding carboxylic acids is 1. The molecule has 1 amide bonds. The van der Waals surface area contributed by atoms with Crippen LogP contribution in [0.5, 0.6) is 0 Å². The molecular weight excluding hydrogens is 382 g/mol. The second-order valence-electron chi connectivity index (χ2n) is 5.96. The fourth-order valence-electron chi connectivity index (χ4n) is 2.52. The van der Waals surface area contributed by atoms with Gasteiger partial charge in [-0.3, -0.25) is 29.8 Å². The van der Waals surface area contributed by atoms with Crippen molar-refractivity contribution in [1.29, 1.82) is 0 Å². The summed E-state index contributed by atoms with van der Waals surface area (Å²) in [6, 6.07) is 12.1. The quantitative estimate of drug-likeness (QED) is 0.515. The second kappa shape index (κ2) is 7.68. The Morgan fingerprint density at radius 2 is 1.55 bits per heavy atom. The van der Waals surface area contributed by atoms with E-state index in [4.69, 9.17) is 0 Å². The zero-order valence-electron chi connectivity index (χ0n) is 14.9. The van der Waals surface area contributed by atoms with Crippen LogP contribution in [0.3, 0.4) is 0 Å². The molecule has 1 N–H and O–H groups in total. The third kappa shape index (κ3) is 4.30. The Balaban J connectivity index is 1.84. The van der Waals surface area contributed by atoms with E-state index in [1.165, 1.54) is 17.8 Å². The zero-order valence-corrected chi connectivity index (χ0v) is 14.9. The topological polar surface area (TPSA) is 150 Å². The lowest BCUT2D eigenvalue weighted by atomic mass is 10.1. The van der Waals surface area contributed by atoms with E-state index in [1.54, 1.807) is 30.3 Å². The molecule has 1 heterocycles.